The van der Waals surface area contributed by atoms with Crippen LogP contribution in [-0.4, -0.2) is 83.7 Å². The van der Waals surface area contributed by atoms with Crippen LogP contribution in [-0.2, 0) is 17.1 Å². The van der Waals surface area contributed by atoms with E-state index in [2.05, 4.69) is 0 Å². The smallest absolute Gasteiger partial charge is 0.416 e. The van der Waals surface area contributed by atoms with Gasteiger partial charge in [0.15, 0.2) is 0 Å². The summed E-state index contributed by atoms with van der Waals surface area (Å²) in [4.78, 5) is 43.6. The number of rotatable bonds is 6. The highest BCUT2D eigenvalue weighted by atomic mass is 19.4. The van der Waals surface area contributed by atoms with Crippen molar-refractivity contribution in [3.8, 4) is 0 Å². The third-order valence-corrected chi connectivity index (χ3v) is 9.02. The van der Waals surface area contributed by atoms with Gasteiger partial charge in [-0.25, -0.2) is 14.0 Å². The van der Waals surface area contributed by atoms with E-state index in [4.69, 9.17) is 0 Å². The minimum absolute atomic E-state index is 0.0173. The molecule has 8 nitrogen and oxygen atoms in total. The number of likely N-dealkylation sites (N-methyl/N-ethyl adjacent to an activating group) is 1. The van der Waals surface area contributed by atoms with Gasteiger partial charge in [0, 0.05) is 57.3 Å². The van der Waals surface area contributed by atoms with E-state index in [0.717, 1.165) is 7.05 Å². The van der Waals surface area contributed by atoms with Crippen molar-refractivity contribution in [2.45, 2.75) is 63.0 Å². The van der Waals surface area contributed by atoms with Crippen LogP contribution in [0.3, 0.4) is 0 Å². The van der Waals surface area contributed by atoms with Crippen LogP contribution in [0.4, 0.5) is 46.0 Å². The van der Waals surface area contributed by atoms with Gasteiger partial charge in [-0.3, -0.25) is 9.69 Å². The van der Waals surface area contributed by atoms with E-state index in [9.17, 15) is 50.2 Å². The van der Waals surface area contributed by atoms with Crippen molar-refractivity contribution in [3.63, 3.8) is 0 Å². The van der Waals surface area contributed by atoms with Gasteiger partial charge in [-0.05, 0) is 68.5 Å². The van der Waals surface area contributed by atoms with Gasteiger partial charge in [0.1, 0.15) is 5.82 Å². The normalized spacial score (nSPS) is 22.0. The Labute approximate surface area is 261 Å². The highest BCUT2D eigenvalue weighted by Crippen LogP contribution is 2.39. The molecule has 1 aliphatic heterocycles. The second-order valence-corrected chi connectivity index (χ2v) is 11.8. The zero-order chi connectivity index (χ0) is 34.1. The number of carbonyl (C=O) groups excluding carboxylic acids is 2. The molecular formula is C31H35F7N4O4. The first-order chi connectivity index (χ1) is 21.4. The minimum Gasteiger partial charge on any atom is -0.465 e. The topological polar surface area (TPSA) is 84.4 Å². The van der Waals surface area contributed by atoms with Gasteiger partial charge < -0.3 is 19.8 Å². The van der Waals surface area contributed by atoms with Gasteiger partial charge in [-0.1, -0.05) is 12.1 Å². The summed E-state index contributed by atoms with van der Waals surface area (Å²) in [6.07, 6.45) is -9.35. The van der Waals surface area contributed by atoms with Crippen LogP contribution < -0.4 is 4.90 Å². The van der Waals surface area contributed by atoms with E-state index in [1.807, 2.05) is 0 Å². The molecule has 0 spiro atoms. The van der Waals surface area contributed by atoms with Crippen LogP contribution >= 0.6 is 0 Å². The maximum atomic E-state index is 13.8. The Balaban J connectivity index is 1.58. The van der Waals surface area contributed by atoms with Gasteiger partial charge >= 0.3 is 24.5 Å². The Hall–Kier alpha value is -4.04. The summed E-state index contributed by atoms with van der Waals surface area (Å²) in [7, 11) is 2.41. The highest BCUT2D eigenvalue weighted by Gasteiger charge is 2.44. The van der Waals surface area contributed by atoms with Crippen LogP contribution in [0.15, 0.2) is 42.5 Å². The molecule has 0 unspecified atom stereocenters. The van der Waals surface area contributed by atoms with Crippen molar-refractivity contribution in [1.29, 1.82) is 0 Å². The zero-order valence-corrected chi connectivity index (χ0v) is 25.4. The first kappa shape index (κ1) is 34.8. The maximum absolute atomic E-state index is 13.8. The third kappa shape index (κ3) is 7.49. The molecule has 2 atom stereocenters. The monoisotopic (exact) mass is 660 g/mol. The molecule has 252 valence electrons. The lowest BCUT2D eigenvalue weighted by molar-refractivity contribution is -0.143. The molecule has 2 aromatic carbocycles. The Bertz CT molecular complexity index is 1390. The molecule has 2 aromatic rings. The number of alkyl halides is 6. The van der Waals surface area contributed by atoms with Crippen molar-refractivity contribution in [2.75, 3.05) is 38.6 Å². The van der Waals surface area contributed by atoms with E-state index < -0.39 is 65.0 Å². The van der Waals surface area contributed by atoms with E-state index in [1.54, 1.807) is 11.8 Å². The molecular weight excluding hydrogens is 625 g/mol. The molecule has 1 N–H and O–H groups in total. The van der Waals surface area contributed by atoms with E-state index >= 15 is 0 Å². The first-order valence-electron chi connectivity index (χ1n) is 14.8. The molecule has 46 heavy (non-hydrogen) atoms. The molecule has 1 heterocycles. The van der Waals surface area contributed by atoms with Crippen molar-refractivity contribution in [1.82, 2.24) is 14.7 Å². The molecule has 0 aromatic heterocycles. The fourth-order valence-corrected chi connectivity index (χ4v) is 6.46. The van der Waals surface area contributed by atoms with Crippen molar-refractivity contribution < 1.29 is 50.2 Å². The summed E-state index contributed by atoms with van der Waals surface area (Å²) < 4.78 is 94.7. The van der Waals surface area contributed by atoms with E-state index in [0.29, 0.717) is 54.8 Å². The second-order valence-electron chi connectivity index (χ2n) is 11.8. The Morgan fingerprint density at radius 1 is 0.870 bits per heavy atom. The second kappa shape index (κ2) is 13.4. The number of benzene rings is 2. The fraction of sp³-hybridized carbons (Fsp3) is 0.516. The van der Waals surface area contributed by atoms with Crippen LogP contribution in [0.5, 0.6) is 0 Å². The number of carboxylic acid groups (broad SMARTS) is 1. The van der Waals surface area contributed by atoms with Crippen LogP contribution in [0, 0.1) is 11.7 Å². The average Bonchev–Trinajstić information content (AvgIpc) is 3.45. The number of halogens is 7. The van der Waals surface area contributed by atoms with Crippen molar-refractivity contribution >= 4 is 23.7 Å². The van der Waals surface area contributed by atoms with Crippen molar-refractivity contribution in [2.24, 2.45) is 5.92 Å². The number of hydrogen-bond acceptors (Lipinski definition) is 3. The Kier molecular flexibility index (Phi) is 10.1. The molecule has 0 bridgehead atoms. The fourth-order valence-electron chi connectivity index (χ4n) is 6.46. The van der Waals surface area contributed by atoms with E-state index in [-0.39, 0.29) is 31.1 Å². The number of carbonyl (C=O) groups is 3. The molecule has 4 rings (SSSR count). The van der Waals surface area contributed by atoms with Gasteiger partial charge in [0.2, 0.25) is 5.91 Å². The third-order valence-electron chi connectivity index (χ3n) is 9.02. The summed E-state index contributed by atoms with van der Waals surface area (Å²) in [6.45, 7) is 2.21. The summed E-state index contributed by atoms with van der Waals surface area (Å²) in [5, 5.41) is 9.46. The molecule has 0 radical (unpaired) electrons. The molecule has 2 aliphatic rings. The van der Waals surface area contributed by atoms with Gasteiger partial charge in [-0.15, -0.1) is 0 Å². The SMILES string of the molecule is CCN(C(=O)O)[C@H]1CC[C@H](C(=O)N2C[C@@H](N(C)C(=O)N(C)c3cc(C(F)(F)F)cc(C(F)(F)F)c3)[C@H](c3ccc(F)cc3)C2)CC1. The predicted octanol–water partition coefficient (Wildman–Crippen LogP) is 6.90. The molecule has 1 saturated carbocycles. The zero-order valence-electron chi connectivity index (χ0n) is 25.4. The lowest BCUT2D eigenvalue weighted by Gasteiger charge is -2.35. The summed E-state index contributed by atoms with van der Waals surface area (Å²) in [5.41, 5.74) is -3.17. The number of urea groups is 1. The predicted molar refractivity (Wildman–Crippen MR) is 154 cm³/mol. The summed E-state index contributed by atoms with van der Waals surface area (Å²) in [6, 6.07) is 4.47. The standard InChI is InChI=1S/C31H35F7N4O4/c1-4-42(29(45)46)23-11-7-19(8-12-23)27(43)41-16-25(18-5-9-22(32)10-6-18)26(17-41)40(3)28(44)39(2)24-14-20(30(33,34)35)13-21(15-24)31(36,37)38/h5-6,9-10,13-15,19,23,25-26H,4,7-8,11-12,16-17H2,1-3H3,(H,45,46)/t19-,23-,25-,26+/m0/s1. The molecule has 4 amide bonds. The van der Waals surface area contributed by atoms with Crippen LogP contribution in [0.25, 0.3) is 0 Å². The van der Waals surface area contributed by atoms with Crippen molar-refractivity contribution in [3.05, 3.63) is 65.0 Å². The van der Waals surface area contributed by atoms with Crippen LogP contribution in [0.2, 0.25) is 0 Å². The lowest BCUT2D eigenvalue weighted by Crippen LogP contribution is -2.48. The largest absolute Gasteiger partial charge is 0.465 e. The summed E-state index contributed by atoms with van der Waals surface area (Å²) >= 11 is 0. The average molecular weight is 661 g/mol. The number of amides is 4. The summed E-state index contributed by atoms with van der Waals surface area (Å²) in [5.74, 6) is -1.66. The molecule has 15 heteroatoms. The molecule has 1 aliphatic carbocycles. The van der Waals surface area contributed by atoms with Gasteiger partial charge in [0.05, 0.1) is 17.2 Å². The highest BCUT2D eigenvalue weighted by molar-refractivity contribution is 5.92. The minimum atomic E-state index is -5.10. The lowest BCUT2D eigenvalue weighted by atomic mass is 9.84. The Morgan fingerprint density at radius 2 is 1.41 bits per heavy atom. The van der Waals surface area contributed by atoms with E-state index in [1.165, 1.54) is 41.1 Å². The first-order valence-corrected chi connectivity index (χ1v) is 14.8. The maximum Gasteiger partial charge on any atom is 0.416 e. The van der Waals surface area contributed by atoms with Gasteiger partial charge in [0.25, 0.3) is 0 Å². The van der Waals surface area contributed by atoms with Gasteiger partial charge in [-0.2, -0.15) is 26.3 Å². The number of hydrogen-bond donors (Lipinski definition) is 1. The molecule has 2 fully saturated rings. The quantitative estimate of drug-likeness (QED) is 0.342. The Morgan fingerprint density at radius 3 is 1.89 bits per heavy atom. The molecule has 1 saturated heterocycles. The number of anilines is 1. The number of likely N-dealkylation sites (tertiary alicyclic amines) is 1. The van der Waals surface area contributed by atoms with Crippen LogP contribution in [0.1, 0.15) is 55.2 Å². The number of nitrogens with zero attached hydrogens (tertiary/aromatic N) is 4.